The van der Waals surface area contributed by atoms with E-state index in [4.69, 9.17) is 0 Å². The van der Waals surface area contributed by atoms with Crippen molar-refractivity contribution in [1.29, 1.82) is 0 Å². The number of likely N-dealkylation sites (N-methyl/N-ethyl adjacent to an activating group) is 1. The molecule has 130 valence electrons. The Labute approximate surface area is 141 Å². The van der Waals surface area contributed by atoms with Crippen LogP contribution in [0.15, 0.2) is 35.5 Å². The fourth-order valence-electron chi connectivity index (χ4n) is 3.11. The lowest BCUT2D eigenvalue weighted by molar-refractivity contribution is 0.119. The minimum absolute atomic E-state index is 0.00291. The lowest BCUT2D eigenvalue weighted by Crippen LogP contribution is -2.50. The molecular weight excluding hydrogens is 331 g/mol. The number of sulfonamides is 1. The van der Waals surface area contributed by atoms with E-state index in [1.165, 1.54) is 16.4 Å². The fraction of sp³-hybridized carbons (Fsp3) is 0.438. The van der Waals surface area contributed by atoms with Gasteiger partial charge >= 0.3 is 0 Å². The maximum Gasteiger partial charge on any atom is 0.243 e. The van der Waals surface area contributed by atoms with Crippen LogP contribution in [0.3, 0.4) is 0 Å². The number of hydrogen-bond donors (Lipinski definition) is 1. The Hall–Kier alpha value is -1.77. The fourth-order valence-corrected chi connectivity index (χ4v) is 4.67. The summed E-state index contributed by atoms with van der Waals surface area (Å²) in [7, 11) is -3.74. The number of piperazine rings is 1. The summed E-state index contributed by atoms with van der Waals surface area (Å²) >= 11 is 0. The number of nitrogens with zero attached hydrogens (tertiary/aromatic N) is 3. The summed E-state index contributed by atoms with van der Waals surface area (Å²) in [6, 6.07) is 3.77. The third-order valence-corrected chi connectivity index (χ3v) is 6.19. The number of halogens is 1. The van der Waals surface area contributed by atoms with Gasteiger partial charge in [0, 0.05) is 32.0 Å². The zero-order valence-corrected chi connectivity index (χ0v) is 14.6. The molecule has 0 amide bonds. The molecule has 1 fully saturated rings. The van der Waals surface area contributed by atoms with Crippen LogP contribution in [-0.2, 0) is 10.0 Å². The molecule has 0 spiro atoms. The Morgan fingerprint density at radius 2 is 2.12 bits per heavy atom. The predicted molar refractivity (Wildman–Crippen MR) is 88.5 cm³/mol. The quantitative estimate of drug-likeness (QED) is 0.913. The Morgan fingerprint density at radius 1 is 1.33 bits per heavy atom. The molecule has 0 unspecified atom stereocenters. The van der Waals surface area contributed by atoms with E-state index in [9.17, 15) is 12.8 Å². The third kappa shape index (κ3) is 3.22. The molecule has 1 aromatic carbocycles. The van der Waals surface area contributed by atoms with Gasteiger partial charge in [0.2, 0.25) is 10.0 Å². The highest BCUT2D eigenvalue weighted by atomic mass is 32.2. The number of aryl methyl sites for hydroxylation is 1. The molecule has 24 heavy (non-hydrogen) atoms. The molecule has 2 aromatic rings. The molecule has 0 saturated carbocycles. The Kier molecular flexibility index (Phi) is 4.71. The maximum atomic E-state index is 13.6. The van der Waals surface area contributed by atoms with Crippen molar-refractivity contribution in [3.8, 4) is 0 Å². The SMILES string of the molecule is CCN1CCN(S(=O)(=O)c2cc(C)cc(F)c2)C[C@H]1c1ncc[nH]1. The second-order valence-electron chi connectivity index (χ2n) is 5.95. The number of benzene rings is 1. The standard InChI is InChI=1S/C16H21FN4O2S/c1-3-20-6-7-21(11-15(20)16-18-4-5-19-16)24(22,23)14-9-12(2)8-13(17)10-14/h4-5,8-10,15H,3,6-7,11H2,1-2H3,(H,18,19)/t15-/m0/s1. The Morgan fingerprint density at radius 3 is 2.75 bits per heavy atom. The van der Waals surface area contributed by atoms with Crippen molar-refractivity contribution in [2.45, 2.75) is 24.8 Å². The molecule has 1 aliphatic rings. The first-order valence-corrected chi connectivity index (χ1v) is 9.36. The van der Waals surface area contributed by atoms with E-state index < -0.39 is 15.8 Å². The van der Waals surface area contributed by atoms with Gasteiger partial charge in [0.05, 0.1) is 10.9 Å². The monoisotopic (exact) mass is 352 g/mol. The van der Waals surface area contributed by atoms with E-state index in [1.807, 2.05) is 6.92 Å². The molecule has 1 saturated heterocycles. The van der Waals surface area contributed by atoms with E-state index in [2.05, 4.69) is 14.9 Å². The van der Waals surface area contributed by atoms with Gasteiger partial charge in [-0.3, -0.25) is 4.90 Å². The van der Waals surface area contributed by atoms with Gasteiger partial charge in [-0.05, 0) is 37.2 Å². The molecule has 0 bridgehead atoms. The number of hydrogen-bond acceptors (Lipinski definition) is 4. The van der Waals surface area contributed by atoms with Crippen LogP contribution in [0.2, 0.25) is 0 Å². The van der Waals surface area contributed by atoms with E-state index in [1.54, 1.807) is 19.3 Å². The second kappa shape index (κ2) is 6.62. The van der Waals surface area contributed by atoms with Crippen LogP contribution < -0.4 is 0 Å². The minimum Gasteiger partial charge on any atom is -0.347 e. The zero-order valence-electron chi connectivity index (χ0n) is 13.7. The summed E-state index contributed by atoms with van der Waals surface area (Å²) in [6.45, 7) is 5.80. The molecular formula is C16H21FN4O2S. The number of H-pyrrole nitrogens is 1. The summed E-state index contributed by atoms with van der Waals surface area (Å²) in [5.41, 5.74) is 0.586. The zero-order chi connectivity index (χ0) is 17.3. The van der Waals surface area contributed by atoms with Gasteiger partial charge in [-0.25, -0.2) is 17.8 Å². The first-order valence-electron chi connectivity index (χ1n) is 7.92. The number of imidazole rings is 1. The average Bonchev–Trinajstić information content (AvgIpc) is 3.07. The Balaban J connectivity index is 1.91. The first-order chi connectivity index (χ1) is 11.4. The molecule has 1 N–H and O–H groups in total. The summed E-state index contributed by atoms with van der Waals surface area (Å²) in [5, 5.41) is 0. The molecule has 1 atom stereocenters. The van der Waals surface area contributed by atoms with Crippen molar-refractivity contribution >= 4 is 10.0 Å². The third-order valence-electron chi connectivity index (χ3n) is 4.35. The van der Waals surface area contributed by atoms with E-state index >= 15 is 0 Å². The summed E-state index contributed by atoms with van der Waals surface area (Å²) in [5.74, 6) is 0.204. The van der Waals surface area contributed by atoms with Gasteiger partial charge in [0.1, 0.15) is 11.6 Å². The van der Waals surface area contributed by atoms with E-state index in [0.717, 1.165) is 18.4 Å². The highest BCUT2D eigenvalue weighted by Crippen LogP contribution is 2.27. The normalized spacial score (nSPS) is 20.4. The topological polar surface area (TPSA) is 69.3 Å². The molecule has 3 rings (SSSR count). The van der Waals surface area contributed by atoms with Crippen molar-refractivity contribution in [1.82, 2.24) is 19.2 Å². The van der Waals surface area contributed by atoms with Crippen LogP contribution in [-0.4, -0.2) is 53.8 Å². The molecule has 6 nitrogen and oxygen atoms in total. The van der Waals surface area contributed by atoms with Gasteiger partial charge in [0.25, 0.3) is 0 Å². The molecule has 1 aliphatic heterocycles. The van der Waals surface area contributed by atoms with Crippen LogP contribution in [0.1, 0.15) is 24.4 Å². The maximum absolute atomic E-state index is 13.6. The lowest BCUT2D eigenvalue weighted by atomic mass is 10.2. The molecule has 8 heteroatoms. The number of nitrogens with one attached hydrogen (secondary N) is 1. The van der Waals surface area contributed by atoms with Crippen molar-refractivity contribution in [3.05, 3.63) is 47.8 Å². The Bertz CT molecular complexity index is 787. The number of aromatic amines is 1. The predicted octanol–water partition coefficient (Wildman–Crippen LogP) is 1.92. The van der Waals surface area contributed by atoms with Gasteiger partial charge in [-0.1, -0.05) is 6.92 Å². The largest absolute Gasteiger partial charge is 0.347 e. The van der Waals surface area contributed by atoms with Gasteiger partial charge in [-0.15, -0.1) is 0 Å². The molecule has 0 radical (unpaired) electrons. The van der Waals surface area contributed by atoms with Gasteiger partial charge < -0.3 is 4.98 Å². The number of aromatic nitrogens is 2. The van der Waals surface area contributed by atoms with Crippen LogP contribution in [0.5, 0.6) is 0 Å². The van der Waals surface area contributed by atoms with Crippen LogP contribution in [0, 0.1) is 12.7 Å². The smallest absolute Gasteiger partial charge is 0.243 e. The van der Waals surface area contributed by atoms with Crippen molar-refractivity contribution in [2.75, 3.05) is 26.2 Å². The van der Waals surface area contributed by atoms with Crippen molar-refractivity contribution in [3.63, 3.8) is 0 Å². The minimum atomic E-state index is -3.74. The summed E-state index contributed by atoms with van der Waals surface area (Å²) < 4.78 is 40.9. The highest BCUT2D eigenvalue weighted by molar-refractivity contribution is 7.89. The van der Waals surface area contributed by atoms with E-state index in [0.29, 0.717) is 25.2 Å². The highest BCUT2D eigenvalue weighted by Gasteiger charge is 2.35. The average molecular weight is 352 g/mol. The van der Waals surface area contributed by atoms with Crippen molar-refractivity contribution in [2.24, 2.45) is 0 Å². The van der Waals surface area contributed by atoms with Crippen LogP contribution in [0.4, 0.5) is 4.39 Å². The summed E-state index contributed by atoms with van der Waals surface area (Å²) in [4.78, 5) is 9.53. The molecule has 2 heterocycles. The summed E-state index contributed by atoms with van der Waals surface area (Å²) in [6.07, 6.45) is 3.39. The van der Waals surface area contributed by atoms with Gasteiger partial charge in [0.15, 0.2) is 0 Å². The number of rotatable bonds is 4. The first kappa shape index (κ1) is 17.1. The van der Waals surface area contributed by atoms with Crippen molar-refractivity contribution < 1.29 is 12.8 Å². The van der Waals surface area contributed by atoms with E-state index in [-0.39, 0.29) is 10.9 Å². The van der Waals surface area contributed by atoms with Gasteiger partial charge in [-0.2, -0.15) is 4.31 Å². The lowest BCUT2D eigenvalue weighted by Gasteiger charge is -2.39. The van der Waals surface area contributed by atoms with Crippen LogP contribution >= 0.6 is 0 Å². The second-order valence-corrected chi connectivity index (χ2v) is 7.88. The molecule has 0 aliphatic carbocycles. The van der Waals surface area contributed by atoms with Crippen LogP contribution in [0.25, 0.3) is 0 Å². The molecule has 1 aromatic heterocycles.